The number of fused-ring (bicyclic) bond motifs is 1. The normalized spacial score (nSPS) is 46.8. The lowest BCUT2D eigenvalue weighted by Crippen LogP contribution is -2.56. The molecule has 1 nitrogen and oxygen atoms in total. The van der Waals surface area contributed by atoms with E-state index >= 15 is 0 Å². The van der Waals surface area contributed by atoms with E-state index in [1.807, 2.05) is 0 Å². The van der Waals surface area contributed by atoms with E-state index in [9.17, 15) is 0 Å². The van der Waals surface area contributed by atoms with E-state index < -0.39 is 0 Å². The molecule has 86 valence electrons. The van der Waals surface area contributed by atoms with Crippen LogP contribution in [-0.2, 0) is 0 Å². The van der Waals surface area contributed by atoms with Crippen molar-refractivity contribution in [3.63, 3.8) is 0 Å². The second-order valence-corrected chi connectivity index (χ2v) is 6.46. The molecule has 0 aromatic rings. The summed E-state index contributed by atoms with van der Waals surface area (Å²) in [6, 6.07) is 1.04. The first-order valence-electron chi connectivity index (χ1n) is 7.11. The van der Waals surface area contributed by atoms with Crippen molar-refractivity contribution in [2.24, 2.45) is 17.8 Å². The Balaban J connectivity index is 1.93. The maximum Gasteiger partial charge on any atom is 0.0895 e. The summed E-state index contributed by atoms with van der Waals surface area (Å²) in [6.07, 6.45) is 7.86. The van der Waals surface area contributed by atoms with Gasteiger partial charge in [-0.3, -0.25) is 0 Å². The van der Waals surface area contributed by atoms with Gasteiger partial charge < -0.3 is 4.48 Å². The van der Waals surface area contributed by atoms with E-state index in [1.165, 1.54) is 24.1 Å². The molecule has 0 amide bonds. The fourth-order valence-electron chi connectivity index (χ4n) is 5.21. The predicted molar refractivity (Wildman–Crippen MR) is 63.6 cm³/mol. The molecule has 0 aromatic heterocycles. The first-order valence-corrected chi connectivity index (χ1v) is 7.11. The summed E-state index contributed by atoms with van der Waals surface area (Å²) >= 11 is 0. The van der Waals surface area contributed by atoms with Gasteiger partial charge in [-0.1, -0.05) is 0 Å². The summed E-state index contributed by atoms with van der Waals surface area (Å²) < 4.78 is 1.47. The number of rotatable bonds is 2. The summed E-state index contributed by atoms with van der Waals surface area (Å²) in [5, 5.41) is 0. The van der Waals surface area contributed by atoms with Crippen LogP contribution in [0.4, 0.5) is 0 Å². The number of hydrogen-bond donors (Lipinski definition) is 0. The topological polar surface area (TPSA) is 0 Å². The minimum atomic E-state index is 1.04. The van der Waals surface area contributed by atoms with Gasteiger partial charge in [-0.05, 0) is 44.9 Å². The van der Waals surface area contributed by atoms with E-state index in [4.69, 9.17) is 0 Å². The van der Waals surface area contributed by atoms with Crippen molar-refractivity contribution in [1.82, 2.24) is 0 Å². The van der Waals surface area contributed by atoms with Crippen LogP contribution in [-0.4, -0.2) is 30.2 Å². The largest absolute Gasteiger partial charge is 0.321 e. The molecular formula is C14H26N+. The van der Waals surface area contributed by atoms with Gasteiger partial charge in [-0.15, -0.1) is 0 Å². The van der Waals surface area contributed by atoms with Crippen LogP contribution in [0.25, 0.3) is 0 Å². The molecule has 4 aliphatic rings. The van der Waals surface area contributed by atoms with Gasteiger partial charge in [0, 0.05) is 18.8 Å². The van der Waals surface area contributed by atoms with Crippen molar-refractivity contribution in [3.8, 4) is 0 Å². The second-order valence-electron chi connectivity index (χ2n) is 6.46. The molecule has 2 unspecified atom stereocenters. The average Bonchev–Trinajstić information content (AvgIpc) is 2.40. The van der Waals surface area contributed by atoms with Crippen LogP contribution in [0.3, 0.4) is 0 Å². The van der Waals surface area contributed by atoms with Crippen molar-refractivity contribution >= 4 is 0 Å². The highest BCUT2D eigenvalue weighted by Gasteiger charge is 2.49. The summed E-state index contributed by atoms with van der Waals surface area (Å²) in [4.78, 5) is 0. The zero-order valence-corrected chi connectivity index (χ0v) is 10.4. The average molecular weight is 208 g/mol. The molecule has 15 heavy (non-hydrogen) atoms. The van der Waals surface area contributed by atoms with E-state index in [1.54, 1.807) is 32.1 Å². The summed E-state index contributed by atoms with van der Waals surface area (Å²) in [6.45, 7) is 9.14. The molecule has 0 N–H and O–H groups in total. The van der Waals surface area contributed by atoms with E-state index in [0.29, 0.717) is 0 Å². The molecular weight excluding hydrogens is 182 g/mol. The maximum absolute atomic E-state index is 2.43. The van der Waals surface area contributed by atoms with Crippen LogP contribution >= 0.6 is 0 Å². The molecule has 2 saturated heterocycles. The van der Waals surface area contributed by atoms with Gasteiger partial charge in [0.25, 0.3) is 0 Å². The molecule has 2 heterocycles. The Hall–Kier alpha value is -0.0400. The van der Waals surface area contributed by atoms with Crippen LogP contribution < -0.4 is 0 Å². The lowest BCUT2D eigenvalue weighted by Gasteiger charge is -2.45. The molecule has 1 heteroatoms. The standard InChI is InChI=1S/C14H26N/c1-3-15(4-2)10-13-6-11-5-12(7-13)9-14(15)8-11/h11-14H,3-10H2,1-2H3/q+1. The molecule has 2 saturated carbocycles. The molecule has 4 rings (SSSR count). The molecule has 4 fully saturated rings. The molecule has 2 atom stereocenters. The lowest BCUT2D eigenvalue weighted by molar-refractivity contribution is -0.949. The Morgan fingerprint density at radius 3 is 1.87 bits per heavy atom. The molecule has 0 spiro atoms. The summed E-state index contributed by atoms with van der Waals surface area (Å²) in [5.74, 6) is 3.32. The SMILES string of the molecule is CC[N+]1(CC)CC2CC3CC(C2)CC1C3. The smallest absolute Gasteiger partial charge is 0.0895 e. The monoisotopic (exact) mass is 208 g/mol. The minimum absolute atomic E-state index is 1.04. The maximum atomic E-state index is 2.43. The molecule has 0 aromatic carbocycles. The van der Waals surface area contributed by atoms with Gasteiger partial charge in [0.05, 0.1) is 25.7 Å². The van der Waals surface area contributed by atoms with Crippen LogP contribution in [0, 0.1) is 17.8 Å². The fourth-order valence-corrected chi connectivity index (χ4v) is 5.21. The van der Waals surface area contributed by atoms with Crippen molar-refractivity contribution in [2.45, 2.75) is 52.0 Å². The van der Waals surface area contributed by atoms with E-state index in [-0.39, 0.29) is 0 Å². The van der Waals surface area contributed by atoms with Gasteiger partial charge in [-0.2, -0.15) is 0 Å². The Kier molecular flexibility index (Phi) is 2.35. The Bertz CT molecular complexity index is 230. The number of nitrogens with zero attached hydrogens (tertiary/aromatic N) is 1. The quantitative estimate of drug-likeness (QED) is 0.612. The molecule has 4 bridgehead atoms. The first kappa shape index (κ1) is 10.1. The fraction of sp³-hybridized carbons (Fsp3) is 1.00. The number of quaternary nitrogens is 1. The minimum Gasteiger partial charge on any atom is -0.321 e. The van der Waals surface area contributed by atoms with E-state index in [2.05, 4.69) is 13.8 Å². The zero-order chi connectivity index (χ0) is 10.5. The van der Waals surface area contributed by atoms with Gasteiger partial charge in [0.15, 0.2) is 0 Å². The number of hydrogen-bond acceptors (Lipinski definition) is 0. The molecule has 0 radical (unpaired) electrons. The van der Waals surface area contributed by atoms with Crippen LogP contribution in [0.1, 0.15) is 46.0 Å². The Morgan fingerprint density at radius 1 is 0.800 bits per heavy atom. The third kappa shape index (κ3) is 1.46. The highest BCUT2D eigenvalue weighted by Crippen LogP contribution is 2.49. The van der Waals surface area contributed by atoms with Crippen LogP contribution in [0.15, 0.2) is 0 Å². The van der Waals surface area contributed by atoms with Crippen molar-refractivity contribution < 1.29 is 4.48 Å². The summed E-state index contributed by atoms with van der Waals surface area (Å²) in [5.41, 5.74) is 0. The summed E-state index contributed by atoms with van der Waals surface area (Å²) in [7, 11) is 0. The Labute approximate surface area is 94.4 Å². The third-order valence-electron chi connectivity index (χ3n) is 5.87. The van der Waals surface area contributed by atoms with Gasteiger partial charge >= 0.3 is 0 Å². The highest BCUT2D eigenvalue weighted by molar-refractivity contribution is 4.90. The predicted octanol–water partition coefficient (Wildman–Crippen LogP) is 3.05. The van der Waals surface area contributed by atoms with E-state index in [0.717, 1.165) is 23.8 Å². The molecule has 2 aliphatic heterocycles. The molecule has 2 aliphatic carbocycles. The third-order valence-corrected chi connectivity index (χ3v) is 5.87. The first-order chi connectivity index (χ1) is 7.25. The Morgan fingerprint density at radius 2 is 1.33 bits per heavy atom. The zero-order valence-electron chi connectivity index (χ0n) is 10.4. The lowest BCUT2D eigenvalue weighted by atomic mass is 9.68. The van der Waals surface area contributed by atoms with Gasteiger partial charge in [0.2, 0.25) is 0 Å². The van der Waals surface area contributed by atoms with Gasteiger partial charge in [0.1, 0.15) is 0 Å². The highest BCUT2D eigenvalue weighted by atomic mass is 15.4. The van der Waals surface area contributed by atoms with Crippen LogP contribution in [0.2, 0.25) is 0 Å². The van der Waals surface area contributed by atoms with Crippen molar-refractivity contribution in [3.05, 3.63) is 0 Å². The van der Waals surface area contributed by atoms with Crippen molar-refractivity contribution in [1.29, 1.82) is 0 Å². The second kappa shape index (κ2) is 3.48. The van der Waals surface area contributed by atoms with Crippen molar-refractivity contribution in [2.75, 3.05) is 19.6 Å². The van der Waals surface area contributed by atoms with Gasteiger partial charge in [-0.25, -0.2) is 0 Å². The van der Waals surface area contributed by atoms with Crippen LogP contribution in [0.5, 0.6) is 0 Å².